The molecule has 0 saturated heterocycles. The van der Waals surface area contributed by atoms with Crippen LogP contribution < -0.4 is 21.5 Å². The molecule has 0 bridgehead atoms. The molecule has 0 aliphatic carbocycles. The van der Waals surface area contributed by atoms with Crippen LogP contribution in [0.1, 0.15) is 50.7 Å². The number of benzene rings is 1. The van der Waals surface area contributed by atoms with Crippen LogP contribution in [-0.2, 0) is 22.6 Å². The Balaban J connectivity index is 2.53. The van der Waals surface area contributed by atoms with Gasteiger partial charge in [0.1, 0.15) is 5.75 Å². The molecule has 0 unspecified atom stereocenters. The van der Waals surface area contributed by atoms with Gasteiger partial charge in [0.25, 0.3) is 0 Å². The summed E-state index contributed by atoms with van der Waals surface area (Å²) in [6.07, 6.45) is 8.03. The molecule has 2 amide bonds. The molecule has 0 fully saturated rings. The van der Waals surface area contributed by atoms with Gasteiger partial charge in [-0.3, -0.25) is 9.59 Å². The number of nitrogens with zero attached hydrogens (tertiary/aromatic N) is 1. The minimum Gasteiger partial charge on any atom is -0.496 e. The number of unbranched alkanes of at least 4 members (excludes halogenated alkanes) is 2. The number of nitrogens with one attached hydrogen (secondary N) is 1. The van der Waals surface area contributed by atoms with E-state index in [4.69, 9.17) is 16.2 Å². The van der Waals surface area contributed by atoms with Crippen LogP contribution in [0.15, 0.2) is 30.4 Å². The molecule has 5 N–H and O–H groups in total. The van der Waals surface area contributed by atoms with Crippen molar-refractivity contribution >= 4 is 11.8 Å². The lowest BCUT2D eigenvalue weighted by Gasteiger charge is -2.22. The van der Waals surface area contributed by atoms with E-state index in [0.29, 0.717) is 50.8 Å². The van der Waals surface area contributed by atoms with Crippen LogP contribution in [-0.4, -0.2) is 50.0 Å². The maximum atomic E-state index is 12.6. The molecule has 0 aromatic heterocycles. The van der Waals surface area contributed by atoms with E-state index < -0.39 is 0 Å². The molecule has 7 nitrogen and oxygen atoms in total. The first-order valence-corrected chi connectivity index (χ1v) is 11.2. The van der Waals surface area contributed by atoms with Crippen LogP contribution in [0.3, 0.4) is 0 Å². The van der Waals surface area contributed by atoms with Gasteiger partial charge in [0.15, 0.2) is 0 Å². The number of ether oxygens (including phenoxy) is 1. The van der Waals surface area contributed by atoms with Crippen molar-refractivity contribution in [2.45, 2.75) is 52.5 Å². The lowest BCUT2D eigenvalue weighted by molar-refractivity contribution is -0.130. The summed E-state index contributed by atoms with van der Waals surface area (Å²) in [5.74, 6) is 1.22. The summed E-state index contributed by atoms with van der Waals surface area (Å²) in [4.78, 5) is 26.3. The summed E-state index contributed by atoms with van der Waals surface area (Å²) in [6, 6.07) is 5.66. The van der Waals surface area contributed by atoms with Crippen molar-refractivity contribution in [3.63, 3.8) is 0 Å². The van der Waals surface area contributed by atoms with E-state index in [1.54, 1.807) is 12.0 Å². The third kappa shape index (κ3) is 11.0. The quantitative estimate of drug-likeness (QED) is 0.291. The maximum absolute atomic E-state index is 12.6. The summed E-state index contributed by atoms with van der Waals surface area (Å²) >= 11 is 0. The molecule has 1 rings (SSSR count). The highest BCUT2D eigenvalue weighted by Crippen LogP contribution is 2.21. The number of amides is 2. The van der Waals surface area contributed by atoms with Crippen LogP contribution in [0, 0.1) is 5.92 Å². The summed E-state index contributed by atoms with van der Waals surface area (Å²) in [5, 5.41) is 2.96. The van der Waals surface area contributed by atoms with Gasteiger partial charge in [-0.1, -0.05) is 38.1 Å². The Morgan fingerprint density at radius 1 is 1.16 bits per heavy atom. The van der Waals surface area contributed by atoms with E-state index in [2.05, 4.69) is 31.3 Å². The molecular formula is C24H40N4O3. The topological polar surface area (TPSA) is 111 Å². The van der Waals surface area contributed by atoms with E-state index in [9.17, 15) is 9.59 Å². The van der Waals surface area contributed by atoms with E-state index in [0.717, 1.165) is 30.4 Å². The summed E-state index contributed by atoms with van der Waals surface area (Å²) in [6.45, 7) is 6.51. The molecule has 1 aromatic rings. The molecule has 0 spiro atoms. The first kappa shape index (κ1) is 26.7. The van der Waals surface area contributed by atoms with Crippen LogP contribution in [0.5, 0.6) is 5.75 Å². The zero-order valence-electron chi connectivity index (χ0n) is 19.4. The van der Waals surface area contributed by atoms with Gasteiger partial charge in [0.2, 0.25) is 11.8 Å². The smallest absolute Gasteiger partial charge is 0.227 e. The fourth-order valence-corrected chi connectivity index (χ4v) is 3.20. The molecule has 0 radical (unpaired) electrons. The Labute approximate surface area is 187 Å². The zero-order chi connectivity index (χ0) is 23.1. The first-order valence-electron chi connectivity index (χ1n) is 11.2. The predicted molar refractivity (Wildman–Crippen MR) is 126 cm³/mol. The molecule has 0 aliphatic heterocycles. The fourth-order valence-electron chi connectivity index (χ4n) is 3.20. The average Bonchev–Trinajstić information content (AvgIpc) is 2.74. The second-order valence-electron chi connectivity index (χ2n) is 7.98. The number of carbonyl (C=O) groups excluding carboxylic acids is 2. The van der Waals surface area contributed by atoms with Gasteiger partial charge in [-0.2, -0.15) is 0 Å². The average molecular weight is 433 g/mol. The molecule has 31 heavy (non-hydrogen) atoms. The standard InChI is InChI=1S/C24H40N4O3/c1-19(2)8-6-4-5-7-9-23(29)27-18-20-10-11-21(22(16-20)31-3)17-24(30)28(14-12-25)15-13-26/h6,8,10-11,16,19H,4-5,7,9,12-15,17-18,25-26H2,1-3H3,(H,27,29)/b8-6+. The van der Waals surface area contributed by atoms with Crippen molar-refractivity contribution < 1.29 is 14.3 Å². The van der Waals surface area contributed by atoms with Gasteiger partial charge in [-0.25, -0.2) is 0 Å². The maximum Gasteiger partial charge on any atom is 0.227 e. The molecule has 0 aliphatic rings. The largest absolute Gasteiger partial charge is 0.496 e. The number of methoxy groups -OCH3 is 1. The third-order valence-corrected chi connectivity index (χ3v) is 4.88. The molecule has 0 heterocycles. The van der Waals surface area contributed by atoms with Crippen molar-refractivity contribution in [3.8, 4) is 5.75 Å². The van der Waals surface area contributed by atoms with Crippen molar-refractivity contribution in [2.24, 2.45) is 17.4 Å². The van der Waals surface area contributed by atoms with E-state index >= 15 is 0 Å². The normalized spacial score (nSPS) is 11.2. The molecule has 7 heteroatoms. The van der Waals surface area contributed by atoms with Crippen LogP contribution >= 0.6 is 0 Å². The number of allylic oxidation sites excluding steroid dienone is 2. The van der Waals surface area contributed by atoms with Crippen LogP contribution in [0.4, 0.5) is 0 Å². The van der Waals surface area contributed by atoms with Crippen molar-refractivity contribution in [2.75, 3.05) is 33.3 Å². The Kier molecular flexibility index (Phi) is 13.3. The van der Waals surface area contributed by atoms with Gasteiger partial charge in [-0.05, 0) is 36.8 Å². The molecule has 0 atom stereocenters. The molecule has 0 saturated carbocycles. The third-order valence-electron chi connectivity index (χ3n) is 4.88. The minimum absolute atomic E-state index is 0.0292. The number of nitrogens with two attached hydrogens (primary N) is 2. The molecule has 174 valence electrons. The van der Waals surface area contributed by atoms with Gasteiger partial charge in [-0.15, -0.1) is 0 Å². The van der Waals surface area contributed by atoms with Crippen LogP contribution in [0.25, 0.3) is 0 Å². The lowest BCUT2D eigenvalue weighted by Crippen LogP contribution is -2.39. The second kappa shape index (κ2) is 15.4. The van der Waals surface area contributed by atoms with Crippen molar-refractivity contribution in [3.05, 3.63) is 41.5 Å². The Morgan fingerprint density at radius 3 is 2.48 bits per heavy atom. The minimum atomic E-state index is -0.0292. The van der Waals surface area contributed by atoms with E-state index in [1.807, 2.05) is 18.2 Å². The Hall–Kier alpha value is -2.38. The van der Waals surface area contributed by atoms with Gasteiger partial charge in [0, 0.05) is 44.7 Å². The molecule has 1 aromatic carbocycles. The van der Waals surface area contributed by atoms with Gasteiger partial charge in [0.05, 0.1) is 13.5 Å². The Bertz CT molecular complexity index is 698. The summed E-state index contributed by atoms with van der Waals surface area (Å²) in [7, 11) is 1.58. The van der Waals surface area contributed by atoms with E-state index in [-0.39, 0.29) is 18.2 Å². The number of rotatable bonds is 15. The first-order chi connectivity index (χ1) is 14.9. The van der Waals surface area contributed by atoms with Crippen molar-refractivity contribution in [1.29, 1.82) is 0 Å². The van der Waals surface area contributed by atoms with Crippen molar-refractivity contribution in [1.82, 2.24) is 10.2 Å². The van der Waals surface area contributed by atoms with Crippen LogP contribution in [0.2, 0.25) is 0 Å². The SMILES string of the molecule is COc1cc(CNC(=O)CCCC/C=C/C(C)C)ccc1CC(=O)N(CCN)CCN. The number of carbonyl (C=O) groups is 2. The highest BCUT2D eigenvalue weighted by atomic mass is 16.5. The van der Waals surface area contributed by atoms with E-state index in [1.165, 1.54) is 0 Å². The van der Waals surface area contributed by atoms with Gasteiger partial charge >= 0.3 is 0 Å². The number of hydrogen-bond donors (Lipinski definition) is 3. The molecular weight excluding hydrogens is 392 g/mol. The Morgan fingerprint density at radius 2 is 1.87 bits per heavy atom. The zero-order valence-corrected chi connectivity index (χ0v) is 19.4. The summed E-state index contributed by atoms with van der Waals surface area (Å²) < 4.78 is 5.47. The van der Waals surface area contributed by atoms with Gasteiger partial charge < -0.3 is 26.4 Å². The highest BCUT2D eigenvalue weighted by molar-refractivity contribution is 5.79. The fraction of sp³-hybridized carbons (Fsp3) is 0.583. The highest BCUT2D eigenvalue weighted by Gasteiger charge is 2.15. The monoisotopic (exact) mass is 432 g/mol. The summed E-state index contributed by atoms with van der Waals surface area (Å²) in [5.41, 5.74) is 12.9. The number of hydrogen-bond acceptors (Lipinski definition) is 5. The lowest BCUT2D eigenvalue weighted by atomic mass is 10.1. The predicted octanol–water partition coefficient (Wildman–Crippen LogP) is 2.37. The second-order valence-corrected chi connectivity index (χ2v) is 7.98.